The minimum Gasteiger partial charge on any atom is -0.354 e. The smallest absolute Gasteiger partial charge is 0.268 e. The summed E-state index contributed by atoms with van der Waals surface area (Å²) in [5.74, 6) is 0.820. The molecule has 2 aromatic heterocycles. The quantitative estimate of drug-likeness (QED) is 0.744. The van der Waals surface area contributed by atoms with Crippen LogP contribution in [0.15, 0.2) is 47.6 Å². The van der Waals surface area contributed by atoms with Gasteiger partial charge in [-0.3, -0.25) is 0 Å². The van der Waals surface area contributed by atoms with E-state index < -0.39 is 10.0 Å². The lowest BCUT2D eigenvalue weighted by molar-refractivity contribution is 0.586. The van der Waals surface area contributed by atoms with Crippen LogP contribution in [0, 0.1) is 6.92 Å². The van der Waals surface area contributed by atoms with Crippen molar-refractivity contribution in [1.82, 2.24) is 14.3 Å². The van der Waals surface area contributed by atoms with E-state index in [1.54, 1.807) is 43.6 Å². The van der Waals surface area contributed by atoms with Gasteiger partial charge in [-0.05, 0) is 36.8 Å². The number of hydrogen-bond donors (Lipinski definition) is 1. The predicted molar refractivity (Wildman–Crippen MR) is 104 cm³/mol. The Labute approximate surface area is 157 Å². The summed E-state index contributed by atoms with van der Waals surface area (Å²) >= 11 is 6.13. The Hall–Kier alpha value is -2.09. The number of nitrogens with zero attached hydrogens (tertiary/aromatic N) is 3. The maximum absolute atomic E-state index is 13.2. The number of anilines is 1. The van der Waals surface area contributed by atoms with Crippen LogP contribution in [-0.2, 0) is 10.0 Å². The highest BCUT2D eigenvalue weighted by molar-refractivity contribution is 7.90. The molecule has 1 aliphatic heterocycles. The van der Waals surface area contributed by atoms with Gasteiger partial charge in [-0.15, -0.1) is 0 Å². The first-order valence-corrected chi connectivity index (χ1v) is 10.2. The van der Waals surface area contributed by atoms with Crippen LogP contribution in [0.4, 0.5) is 5.82 Å². The fourth-order valence-corrected chi connectivity index (χ4v) is 5.17. The predicted octanol–water partition coefficient (Wildman–Crippen LogP) is 2.64. The van der Waals surface area contributed by atoms with Gasteiger partial charge in [0.2, 0.25) is 0 Å². The Morgan fingerprint density at radius 3 is 2.69 bits per heavy atom. The number of fused-ring (bicyclic) bond motifs is 1. The molecule has 1 N–H and O–H groups in total. The zero-order valence-electron chi connectivity index (χ0n) is 14.3. The second-order valence-electron chi connectivity index (χ2n) is 6.28. The summed E-state index contributed by atoms with van der Waals surface area (Å²) in [4.78, 5) is 6.89. The summed E-state index contributed by atoms with van der Waals surface area (Å²) in [5, 5.41) is 4.58. The Kier molecular flexibility index (Phi) is 4.38. The van der Waals surface area contributed by atoms with E-state index in [0.717, 1.165) is 37.4 Å². The summed E-state index contributed by atoms with van der Waals surface area (Å²) in [7, 11) is -3.75. The molecule has 0 aliphatic carbocycles. The van der Waals surface area contributed by atoms with Crippen LogP contribution in [0.3, 0.4) is 0 Å². The van der Waals surface area contributed by atoms with E-state index >= 15 is 0 Å². The summed E-state index contributed by atoms with van der Waals surface area (Å²) in [6.07, 6.45) is 3.25. The third-order valence-electron chi connectivity index (χ3n) is 4.73. The van der Waals surface area contributed by atoms with Crippen molar-refractivity contribution in [3.63, 3.8) is 0 Å². The highest BCUT2D eigenvalue weighted by Gasteiger charge is 2.24. The molecule has 1 saturated heterocycles. The van der Waals surface area contributed by atoms with Gasteiger partial charge in [0.05, 0.1) is 10.4 Å². The van der Waals surface area contributed by atoms with Crippen molar-refractivity contribution < 1.29 is 8.42 Å². The number of rotatable bonds is 3. The van der Waals surface area contributed by atoms with Crippen LogP contribution in [0.2, 0.25) is 5.02 Å². The average Bonchev–Trinajstić information content (AvgIpc) is 3.09. The van der Waals surface area contributed by atoms with Crippen LogP contribution in [0.5, 0.6) is 0 Å². The summed E-state index contributed by atoms with van der Waals surface area (Å²) in [6, 6.07) is 8.48. The molecule has 1 aliphatic rings. The zero-order chi connectivity index (χ0) is 18.3. The van der Waals surface area contributed by atoms with Gasteiger partial charge in [0.1, 0.15) is 5.82 Å². The van der Waals surface area contributed by atoms with Gasteiger partial charge < -0.3 is 10.2 Å². The molecule has 136 valence electrons. The molecule has 3 heterocycles. The molecule has 6 nitrogen and oxygen atoms in total. The molecule has 0 unspecified atom stereocenters. The molecule has 0 saturated carbocycles. The van der Waals surface area contributed by atoms with E-state index in [9.17, 15) is 8.42 Å². The summed E-state index contributed by atoms with van der Waals surface area (Å²) in [6.45, 7) is 5.18. The lowest BCUT2D eigenvalue weighted by Gasteiger charge is -2.28. The minimum atomic E-state index is -3.75. The number of halogens is 1. The first-order valence-electron chi connectivity index (χ1n) is 8.42. The van der Waals surface area contributed by atoms with Gasteiger partial charge >= 0.3 is 0 Å². The summed E-state index contributed by atoms with van der Waals surface area (Å²) in [5.41, 5.74) is 1.17. The third kappa shape index (κ3) is 2.76. The normalized spacial score (nSPS) is 15.5. The fraction of sp³-hybridized carbons (Fsp3) is 0.278. The van der Waals surface area contributed by atoms with E-state index in [1.165, 1.54) is 3.97 Å². The Morgan fingerprint density at radius 2 is 1.92 bits per heavy atom. The van der Waals surface area contributed by atoms with E-state index in [2.05, 4.69) is 15.2 Å². The van der Waals surface area contributed by atoms with E-state index in [0.29, 0.717) is 16.1 Å². The zero-order valence-corrected chi connectivity index (χ0v) is 15.9. The van der Waals surface area contributed by atoms with E-state index in [1.807, 2.05) is 6.07 Å². The Balaban J connectivity index is 1.86. The molecule has 8 heteroatoms. The lowest BCUT2D eigenvalue weighted by atomic mass is 10.2. The standard InChI is InChI=1S/C18H19ClN4O2S/c1-13-15(19)3-2-4-17(13)26(24,25)23-10-6-14-16(23)5-7-21-18(14)22-11-8-20-9-12-22/h2-7,10,20H,8-9,11-12H2,1H3. The maximum atomic E-state index is 13.2. The second kappa shape index (κ2) is 6.57. The summed E-state index contributed by atoms with van der Waals surface area (Å²) < 4.78 is 27.8. The van der Waals surface area contributed by atoms with Gasteiger partial charge in [-0.2, -0.15) is 0 Å². The van der Waals surface area contributed by atoms with Crippen molar-refractivity contribution in [1.29, 1.82) is 0 Å². The first-order chi connectivity index (χ1) is 12.5. The molecule has 3 aromatic rings. The van der Waals surface area contributed by atoms with Crippen molar-refractivity contribution in [2.45, 2.75) is 11.8 Å². The minimum absolute atomic E-state index is 0.211. The third-order valence-corrected chi connectivity index (χ3v) is 6.98. The van der Waals surface area contributed by atoms with Crippen molar-refractivity contribution in [2.24, 2.45) is 0 Å². The molecular weight excluding hydrogens is 372 g/mol. The molecule has 0 amide bonds. The largest absolute Gasteiger partial charge is 0.354 e. The van der Waals surface area contributed by atoms with Crippen molar-refractivity contribution in [3.05, 3.63) is 53.3 Å². The monoisotopic (exact) mass is 390 g/mol. The molecule has 26 heavy (non-hydrogen) atoms. The van der Waals surface area contributed by atoms with Crippen LogP contribution in [0.25, 0.3) is 10.9 Å². The van der Waals surface area contributed by atoms with Gasteiger partial charge in [-0.1, -0.05) is 17.7 Å². The molecule has 0 radical (unpaired) electrons. The molecular formula is C18H19ClN4O2S. The number of pyridine rings is 1. The first kappa shape index (κ1) is 17.3. The molecule has 0 spiro atoms. The lowest BCUT2D eigenvalue weighted by Crippen LogP contribution is -2.43. The van der Waals surface area contributed by atoms with E-state index in [-0.39, 0.29) is 4.90 Å². The van der Waals surface area contributed by atoms with Gasteiger partial charge in [-0.25, -0.2) is 17.4 Å². The van der Waals surface area contributed by atoms with Gasteiger partial charge in [0.15, 0.2) is 0 Å². The van der Waals surface area contributed by atoms with Gasteiger partial charge in [0, 0.05) is 49.0 Å². The average molecular weight is 391 g/mol. The van der Waals surface area contributed by atoms with Crippen LogP contribution in [0.1, 0.15) is 5.56 Å². The number of benzene rings is 1. The number of piperazine rings is 1. The second-order valence-corrected chi connectivity index (χ2v) is 8.47. The number of nitrogens with one attached hydrogen (secondary N) is 1. The van der Waals surface area contributed by atoms with Gasteiger partial charge in [0.25, 0.3) is 10.0 Å². The van der Waals surface area contributed by atoms with Crippen LogP contribution >= 0.6 is 11.6 Å². The molecule has 1 aromatic carbocycles. The van der Waals surface area contributed by atoms with Crippen LogP contribution in [-0.4, -0.2) is 43.6 Å². The molecule has 0 bridgehead atoms. The van der Waals surface area contributed by atoms with Crippen molar-refractivity contribution in [2.75, 3.05) is 31.1 Å². The maximum Gasteiger partial charge on any atom is 0.268 e. The number of hydrogen-bond acceptors (Lipinski definition) is 5. The molecule has 4 rings (SSSR count). The topological polar surface area (TPSA) is 67.2 Å². The highest BCUT2D eigenvalue weighted by Crippen LogP contribution is 2.30. The Morgan fingerprint density at radius 1 is 1.15 bits per heavy atom. The molecule has 0 atom stereocenters. The van der Waals surface area contributed by atoms with Crippen molar-refractivity contribution in [3.8, 4) is 0 Å². The van der Waals surface area contributed by atoms with E-state index in [4.69, 9.17) is 11.6 Å². The Bertz CT molecular complexity index is 1070. The SMILES string of the molecule is Cc1c(Cl)cccc1S(=O)(=O)n1ccc2c(N3CCNCC3)nccc21. The number of aromatic nitrogens is 2. The highest BCUT2D eigenvalue weighted by atomic mass is 35.5. The van der Waals surface area contributed by atoms with Crippen molar-refractivity contribution >= 4 is 38.3 Å². The fourth-order valence-electron chi connectivity index (χ4n) is 3.34. The molecule has 1 fully saturated rings. The van der Waals surface area contributed by atoms with Crippen LogP contribution < -0.4 is 10.2 Å².